The van der Waals surface area contributed by atoms with E-state index in [1.54, 1.807) is 0 Å². The Morgan fingerprint density at radius 3 is 0.649 bits per heavy atom. The molecule has 0 aliphatic carbocycles. The summed E-state index contributed by atoms with van der Waals surface area (Å²) >= 11 is 0. The van der Waals surface area contributed by atoms with Crippen LogP contribution in [-0.2, 0) is 28.6 Å². The molecule has 0 bridgehead atoms. The molecule has 6 nitrogen and oxygen atoms in total. The lowest BCUT2D eigenvalue weighted by atomic mass is 10.0. The van der Waals surface area contributed by atoms with Gasteiger partial charge in [0, 0.05) is 19.3 Å². The lowest BCUT2D eigenvalue weighted by Crippen LogP contribution is -2.30. The summed E-state index contributed by atoms with van der Waals surface area (Å²) in [5, 5.41) is 0. The van der Waals surface area contributed by atoms with Crippen LogP contribution in [0.5, 0.6) is 0 Å². The predicted octanol–water partition coefficient (Wildman–Crippen LogP) is 24.0. The number of ether oxygens (including phenoxy) is 3. The average Bonchev–Trinajstić information content (AvgIpc) is 3.43. The van der Waals surface area contributed by atoms with E-state index in [-0.39, 0.29) is 31.1 Å². The third kappa shape index (κ3) is 64.9. The molecule has 0 aliphatic rings. The van der Waals surface area contributed by atoms with Gasteiger partial charge in [-0.3, -0.25) is 14.4 Å². The minimum Gasteiger partial charge on any atom is -0.462 e. The lowest BCUT2D eigenvalue weighted by molar-refractivity contribution is -0.167. The van der Waals surface area contributed by atoms with E-state index in [1.807, 2.05) is 0 Å². The van der Waals surface area contributed by atoms with Crippen molar-refractivity contribution < 1.29 is 28.6 Å². The van der Waals surface area contributed by atoms with E-state index in [0.29, 0.717) is 19.3 Å². The van der Waals surface area contributed by atoms with E-state index in [9.17, 15) is 14.4 Å². The van der Waals surface area contributed by atoms with Crippen LogP contribution in [0.25, 0.3) is 0 Å². The molecule has 0 fully saturated rings. The summed E-state index contributed by atoms with van der Waals surface area (Å²) in [6.07, 6.45) is 80.3. The maximum Gasteiger partial charge on any atom is 0.306 e. The molecule has 0 aliphatic heterocycles. The van der Waals surface area contributed by atoms with Gasteiger partial charge in [0.05, 0.1) is 0 Å². The van der Waals surface area contributed by atoms with Crippen LogP contribution in [0.1, 0.15) is 406 Å². The topological polar surface area (TPSA) is 78.9 Å². The normalized spacial score (nSPS) is 12.0. The van der Waals surface area contributed by atoms with Gasteiger partial charge in [-0.05, 0) is 44.9 Å². The van der Waals surface area contributed by atoms with Crippen molar-refractivity contribution in [3.05, 3.63) is 12.2 Å². The Kier molecular flexibility index (Phi) is 65.1. The summed E-state index contributed by atoms with van der Waals surface area (Å²) in [5.74, 6) is -0.855. The van der Waals surface area contributed by atoms with Crippen LogP contribution < -0.4 is 0 Å². The van der Waals surface area contributed by atoms with E-state index in [2.05, 4.69) is 32.9 Å². The SMILES string of the molecule is CCCCCCCCCC/C=C\CCCCCCCCCCCC(=O)OC(COC(=O)CCCCCCC)COC(=O)CCCCCCCCCCCCCCCCCCCCCCCCCCCCCCCCCCC. The highest BCUT2D eigenvalue weighted by Gasteiger charge is 2.19. The molecule has 0 spiro atoms. The van der Waals surface area contributed by atoms with Gasteiger partial charge >= 0.3 is 17.9 Å². The van der Waals surface area contributed by atoms with E-state index in [0.717, 1.165) is 64.2 Å². The second-order valence-corrected chi connectivity index (χ2v) is 24.2. The molecule has 0 radical (unpaired) electrons. The molecule has 0 rings (SSSR count). The number of unbranched alkanes of at least 4 members (excludes halogenated alkanes) is 53. The third-order valence-electron chi connectivity index (χ3n) is 16.3. The number of carbonyl (C=O) groups is 3. The van der Waals surface area contributed by atoms with Gasteiger partial charge in [-0.2, -0.15) is 0 Å². The van der Waals surface area contributed by atoms with Crippen LogP contribution in [0.4, 0.5) is 0 Å². The fourth-order valence-corrected chi connectivity index (χ4v) is 11.0. The van der Waals surface area contributed by atoms with Crippen LogP contribution in [0.3, 0.4) is 0 Å². The Balaban J connectivity index is 3.87. The Bertz CT molecular complexity index is 1200. The first-order valence-corrected chi connectivity index (χ1v) is 35.2. The van der Waals surface area contributed by atoms with Crippen molar-refractivity contribution >= 4 is 17.9 Å². The lowest BCUT2D eigenvalue weighted by Gasteiger charge is -2.18. The average molecular weight is 1090 g/mol. The van der Waals surface area contributed by atoms with Gasteiger partial charge in [-0.15, -0.1) is 0 Å². The van der Waals surface area contributed by atoms with E-state index in [4.69, 9.17) is 14.2 Å². The zero-order chi connectivity index (χ0) is 55.7. The van der Waals surface area contributed by atoms with Gasteiger partial charge in [-0.1, -0.05) is 354 Å². The third-order valence-corrected chi connectivity index (χ3v) is 16.3. The van der Waals surface area contributed by atoms with Crippen molar-refractivity contribution in [3.63, 3.8) is 0 Å². The fraction of sp³-hybridized carbons (Fsp3) is 0.930. The second kappa shape index (κ2) is 66.7. The first-order chi connectivity index (χ1) is 38.0. The molecule has 1 atom stereocenters. The fourth-order valence-electron chi connectivity index (χ4n) is 11.0. The Morgan fingerprint density at radius 2 is 0.429 bits per heavy atom. The van der Waals surface area contributed by atoms with Crippen LogP contribution in [-0.4, -0.2) is 37.2 Å². The Hall–Kier alpha value is -1.85. The summed E-state index contributed by atoms with van der Waals surface area (Å²) in [4.78, 5) is 38.0. The molecule has 6 heteroatoms. The molecule has 0 N–H and O–H groups in total. The standard InChI is InChI=1S/C71H136O6/c1-4-7-10-13-15-17-19-21-23-25-27-29-30-31-32-33-34-35-36-37-38-39-40-42-43-45-47-49-51-53-55-58-61-64-70(73)76-67-68(66-75-69(72)63-60-57-12-9-6-3)77-71(74)65-62-59-56-54-52-50-48-46-44-41-28-26-24-22-20-18-16-14-11-8-5-2/h26,28,68H,4-25,27,29-67H2,1-3H3/b28-26-. The second-order valence-electron chi connectivity index (χ2n) is 24.2. The number of hydrogen-bond donors (Lipinski definition) is 0. The summed E-state index contributed by atoms with van der Waals surface area (Å²) in [6.45, 7) is 6.63. The summed E-state index contributed by atoms with van der Waals surface area (Å²) in [6, 6.07) is 0. The van der Waals surface area contributed by atoms with Crippen molar-refractivity contribution in [3.8, 4) is 0 Å². The van der Waals surface area contributed by atoms with Gasteiger partial charge in [0.15, 0.2) is 6.10 Å². The zero-order valence-corrected chi connectivity index (χ0v) is 52.5. The number of allylic oxidation sites excluding steroid dienone is 2. The van der Waals surface area contributed by atoms with Crippen LogP contribution in [0.15, 0.2) is 12.2 Å². The number of rotatable bonds is 66. The Labute approximate surface area is 481 Å². The number of hydrogen-bond acceptors (Lipinski definition) is 6. The van der Waals surface area contributed by atoms with Gasteiger partial charge in [0.1, 0.15) is 13.2 Å². The largest absolute Gasteiger partial charge is 0.462 e. The zero-order valence-electron chi connectivity index (χ0n) is 52.5. The van der Waals surface area contributed by atoms with Gasteiger partial charge in [-0.25, -0.2) is 0 Å². The minimum atomic E-state index is -0.765. The smallest absolute Gasteiger partial charge is 0.306 e. The molecule has 0 aromatic rings. The maximum absolute atomic E-state index is 12.8. The number of esters is 3. The van der Waals surface area contributed by atoms with Gasteiger partial charge in [0.25, 0.3) is 0 Å². The highest BCUT2D eigenvalue weighted by atomic mass is 16.6. The van der Waals surface area contributed by atoms with E-state index in [1.165, 1.54) is 302 Å². The first kappa shape index (κ1) is 75.2. The van der Waals surface area contributed by atoms with Crippen LogP contribution in [0.2, 0.25) is 0 Å². The molecule has 0 amide bonds. The monoisotopic (exact) mass is 1090 g/mol. The van der Waals surface area contributed by atoms with Gasteiger partial charge < -0.3 is 14.2 Å². The molecule has 0 aromatic heterocycles. The van der Waals surface area contributed by atoms with Crippen LogP contribution >= 0.6 is 0 Å². The van der Waals surface area contributed by atoms with E-state index < -0.39 is 6.10 Å². The van der Waals surface area contributed by atoms with Crippen molar-refractivity contribution in [2.75, 3.05) is 13.2 Å². The molecule has 456 valence electrons. The number of carbonyl (C=O) groups excluding carboxylic acids is 3. The first-order valence-electron chi connectivity index (χ1n) is 35.2. The van der Waals surface area contributed by atoms with Crippen LogP contribution in [0, 0.1) is 0 Å². The minimum absolute atomic E-state index is 0.0659. The molecule has 0 heterocycles. The highest BCUT2D eigenvalue weighted by molar-refractivity contribution is 5.71. The van der Waals surface area contributed by atoms with Crippen molar-refractivity contribution in [1.29, 1.82) is 0 Å². The Morgan fingerprint density at radius 1 is 0.247 bits per heavy atom. The van der Waals surface area contributed by atoms with Crippen molar-refractivity contribution in [2.45, 2.75) is 412 Å². The molecule has 77 heavy (non-hydrogen) atoms. The molecule has 0 saturated heterocycles. The summed E-state index contributed by atoms with van der Waals surface area (Å²) in [5.41, 5.74) is 0. The summed E-state index contributed by atoms with van der Waals surface area (Å²) < 4.78 is 16.8. The molecule has 1 unspecified atom stereocenters. The maximum atomic E-state index is 12.8. The van der Waals surface area contributed by atoms with E-state index >= 15 is 0 Å². The highest BCUT2D eigenvalue weighted by Crippen LogP contribution is 2.19. The van der Waals surface area contributed by atoms with Crippen molar-refractivity contribution in [2.24, 2.45) is 0 Å². The van der Waals surface area contributed by atoms with Crippen molar-refractivity contribution in [1.82, 2.24) is 0 Å². The van der Waals surface area contributed by atoms with Gasteiger partial charge in [0.2, 0.25) is 0 Å². The predicted molar refractivity (Wildman–Crippen MR) is 335 cm³/mol. The molecule has 0 aromatic carbocycles. The molecular formula is C71H136O6. The molecular weight excluding hydrogens is 949 g/mol. The molecule has 0 saturated carbocycles. The summed E-state index contributed by atoms with van der Waals surface area (Å²) in [7, 11) is 0. The quantitative estimate of drug-likeness (QED) is 0.0261.